The molecule has 0 aliphatic rings. The first kappa shape index (κ1) is 16.1. The minimum atomic E-state index is -0.739. The molecule has 1 rings (SSSR count). The van der Waals surface area contributed by atoms with Crippen LogP contribution in [0, 0.1) is 10.1 Å². The zero-order valence-electron chi connectivity index (χ0n) is 12.0. The summed E-state index contributed by atoms with van der Waals surface area (Å²) < 4.78 is 4.98. The molecule has 20 heavy (non-hydrogen) atoms. The fourth-order valence-corrected chi connectivity index (χ4v) is 1.69. The minimum Gasteiger partial charge on any atom is -0.465 e. The van der Waals surface area contributed by atoms with Crippen molar-refractivity contribution in [2.75, 3.05) is 13.2 Å². The van der Waals surface area contributed by atoms with Crippen molar-refractivity contribution in [2.45, 2.75) is 32.7 Å². The maximum absolute atomic E-state index is 11.7. The molecule has 1 aromatic carbocycles. The zero-order valence-corrected chi connectivity index (χ0v) is 12.0. The predicted octanol–water partition coefficient (Wildman–Crippen LogP) is 2.07. The number of nitro benzene ring substituents is 1. The molecule has 6 nitrogen and oxygen atoms in total. The molecule has 0 amide bonds. The van der Waals surface area contributed by atoms with Crippen molar-refractivity contribution in [3.05, 3.63) is 39.9 Å². The number of esters is 1. The van der Waals surface area contributed by atoms with E-state index in [-0.39, 0.29) is 11.7 Å². The molecule has 0 heterocycles. The first-order valence-corrected chi connectivity index (χ1v) is 6.52. The Labute approximate surface area is 118 Å². The van der Waals surface area contributed by atoms with E-state index in [0.29, 0.717) is 19.6 Å². The van der Waals surface area contributed by atoms with Crippen LogP contribution in [0.2, 0.25) is 0 Å². The molecule has 0 saturated heterocycles. The van der Waals surface area contributed by atoms with Crippen LogP contribution >= 0.6 is 0 Å². The third-order valence-electron chi connectivity index (χ3n) is 2.91. The van der Waals surface area contributed by atoms with E-state index in [0.717, 1.165) is 5.56 Å². The molecule has 6 heteroatoms. The molecule has 0 bridgehead atoms. The Morgan fingerprint density at radius 2 is 1.95 bits per heavy atom. The number of hydrogen-bond donors (Lipinski definition) is 1. The first-order valence-electron chi connectivity index (χ1n) is 6.52. The van der Waals surface area contributed by atoms with Crippen LogP contribution in [0.15, 0.2) is 24.3 Å². The molecule has 0 atom stereocenters. The van der Waals surface area contributed by atoms with E-state index in [1.165, 1.54) is 12.1 Å². The molecule has 0 aliphatic carbocycles. The van der Waals surface area contributed by atoms with Gasteiger partial charge in [-0.15, -0.1) is 0 Å². The lowest BCUT2D eigenvalue weighted by atomic mass is 10.1. The molecular formula is C14H20N2O4. The summed E-state index contributed by atoms with van der Waals surface area (Å²) in [4.78, 5) is 21.8. The number of nitro groups is 1. The van der Waals surface area contributed by atoms with Crippen molar-refractivity contribution in [1.82, 2.24) is 5.32 Å². The second kappa shape index (κ2) is 7.00. The van der Waals surface area contributed by atoms with Crippen LogP contribution in [0.5, 0.6) is 0 Å². The Morgan fingerprint density at radius 3 is 2.45 bits per heavy atom. The Hall–Kier alpha value is -1.95. The summed E-state index contributed by atoms with van der Waals surface area (Å²) in [6, 6.07) is 6.39. The number of rotatable bonds is 7. The van der Waals surface area contributed by atoms with Crippen LogP contribution in [0.25, 0.3) is 0 Å². The largest absolute Gasteiger partial charge is 0.465 e. The average molecular weight is 280 g/mol. The van der Waals surface area contributed by atoms with Crippen LogP contribution in [-0.4, -0.2) is 29.6 Å². The van der Waals surface area contributed by atoms with E-state index in [2.05, 4.69) is 5.32 Å². The third-order valence-corrected chi connectivity index (χ3v) is 2.91. The third kappa shape index (κ3) is 4.62. The van der Waals surface area contributed by atoms with Gasteiger partial charge in [0, 0.05) is 18.7 Å². The number of nitrogens with one attached hydrogen (secondary N) is 1. The Bertz CT molecular complexity index is 469. The normalized spacial score (nSPS) is 11.2. The number of hydrogen-bond acceptors (Lipinski definition) is 5. The molecule has 0 spiro atoms. The Kier molecular flexibility index (Phi) is 5.64. The molecule has 0 radical (unpaired) electrons. The smallest absolute Gasteiger partial charge is 0.325 e. The van der Waals surface area contributed by atoms with E-state index in [1.807, 2.05) is 0 Å². The molecule has 1 aromatic rings. The molecule has 0 aliphatic heterocycles. The van der Waals surface area contributed by atoms with E-state index in [4.69, 9.17) is 4.74 Å². The van der Waals surface area contributed by atoms with Crippen molar-refractivity contribution in [1.29, 1.82) is 0 Å². The van der Waals surface area contributed by atoms with Crippen LogP contribution in [0.3, 0.4) is 0 Å². The molecule has 0 unspecified atom stereocenters. The van der Waals surface area contributed by atoms with Gasteiger partial charge < -0.3 is 10.1 Å². The number of non-ortho nitro benzene ring substituents is 1. The summed E-state index contributed by atoms with van der Waals surface area (Å²) in [6.07, 6.45) is 0.681. The van der Waals surface area contributed by atoms with Gasteiger partial charge in [-0.05, 0) is 32.8 Å². The summed E-state index contributed by atoms with van der Waals surface area (Å²) in [7, 11) is 0. The number of carbonyl (C=O) groups excluding carboxylic acids is 1. The van der Waals surface area contributed by atoms with Crippen LogP contribution < -0.4 is 5.32 Å². The van der Waals surface area contributed by atoms with Crippen LogP contribution in [-0.2, 0) is 16.0 Å². The van der Waals surface area contributed by atoms with Gasteiger partial charge >= 0.3 is 5.97 Å². The van der Waals surface area contributed by atoms with Gasteiger partial charge in [0.15, 0.2) is 0 Å². The topological polar surface area (TPSA) is 81.5 Å². The van der Waals surface area contributed by atoms with Gasteiger partial charge in [0.2, 0.25) is 0 Å². The quantitative estimate of drug-likeness (QED) is 0.470. The van der Waals surface area contributed by atoms with E-state index >= 15 is 0 Å². The highest BCUT2D eigenvalue weighted by atomic mass is 16.6. The van der Waals surface area contributed by atoms with Gasteiger partial charge in [-0.3, -0.25) is 14.9 Å². The standard InChI is InChI=1S/C14H20N2O4/c1-4-20-13(17)14(2,3)15-10-9-11-5-7-12(8-6-11)16(18)19/h5-8,15H,4,9-10H2,1-3H3. The summed E-state index contributed by atoms with van der Waals surface area (Å²) in [6.45, 7) is 6.24. The van der Waals surface area contributed by atoms with E-state index < -0.39 is 10.5 Å². The zero-order chi connectivity index (χ0) is 15.2. The molecule has 110 valence electrons. The Balaban J connectivity index is 2.47. The molecule has 1 N–H and O–H groups in total. The number of carbonyl (C=O) groups is 1. The van der Waals surface area contributed by atoms with Crippen molar-refractivity contribution in [2.24, 2.45) is 0 Å². The molecule has 0 fully saturated rings. The van der Waals surface area contributed by atoms with Crippen LogP contribution in [0.1, 0.15) is 26.3 Å². The lowest BCUT2D eigenvalue weighted by Crippen LogP contribution is -2.48. The molecule has 0 saturated carbocycles. The van der Waals surface area contributed by atoms with E-state index in [1.54, 1.807) is 32.9 Å². The molecule has 0 aromatic heterocycles. The highest BCUT2D eigenvalue weighted by molar-refractivity contribution is 5.79. The van der Waals surface area contributed by atoms with Gasteiger partial charge in [0.25, 0.3) is 5.69 Å². The Morgan fingerprint density at radius 1 is 1.35 bits per heavy atom. The van der Waals surface area contributed by atoms with Gasteiger partial charge in [0.05, 0.1) is 11.5 Å². The maximum Gasteiger partial charge on any atom is 0.325 e. The maximum atomic E-state index is 11.7. The van der Waals surface area contributed by atoms with E-state index in [9.17, 15) is 14.9 Å². The number of nitrogens with zero attached hydrogens (tertiary/aromatic N) is 1. The number of ether oxygens (including phenoxy) is 1. The second-order valence-corrected chi connectivity index (χ2v) is 4.95. The highest BCUT2D eigenvalue weighted by Gasteiger charge is 2.27. The van der Waals surface area contributed by atoms with Crippen molar-refractivity contribution in [3.63, 3.8) is 0 Å². The van der Waals surface area contributed by atoms with Gasteiger partial charge in [-0.2, -0.15) is 0 Å². The fraction of sp³-hybridized carbons (Fsp3) is 0.500. The minimum absolute atomic E-state index is 0.0774. The summed E-state index contributed by atoms with van der Waals surface area (Å²) in [5.41, 5.74) is 0.313. The molecular weight excluding hydrogens is 260 g/mol. The predicted molar refractivity (Wildman–Crippen MR) is 75.5 cm³/mol. The summed E-state index contributed by atoms with van der Waals surface area (Å²) in [5, 5.41) is 13.7. The van der Waals surface area contributed by atoms with Crippen molar-refractivity contribution < 1.29 is 14.5 Å². The lowest BCUT2D eigenvalue weighted by Gasteiger charge is -2.23. The van der Waals surface area contributed by atoms with Crippen molar-refractivity contribution in [3.8, 4) is 0 Å². The monoisotopic (exact) mass is 280 g/mol. The summed E-state index contributed by atoms with van der Waals surface area (Å²) in [5.74, 6) is -0.288. The lowest BCUT2D eigenvalue weighted by molar-refractivity contribution is -0.384. The highest BCUT2D eigenvalue weighted by Crippen LogP contribution is 2.12. The first-order chi connectivity index (χ1) is 9.36. The van der Waals surface area contributed by atoms with Crippen molar-refractivity contribution >= 4 is 11.7 Å². The average Bonchev–Trinajstić information content (AvgIpc) is 2.39. The SMILES string of the molecule is CCOC(=O)C(C)(C)NCCc1ccc([N+](=O)[O-])cc1. The second-order valence-electron chi connectivity index (χ2n) is 4.95. The van der Waals surface area contributed by atoms with Gasteiger partial charge in [-0.1, -0.05) is 12.1 Å². The summed E-state index contributed by atoms with van der Waals surface area (Å²) >= 11 is 0. The van der Waals surface area contributed by atoms with Gasteiger partial charge in [-0.25, -0.2) is 0 Å². The van der Waals surface area contributed by atoms with Crippen LogP contribution in [0.4, 0.5) is 5.69 Å². The number of benzene rings is 1. The van der Waals surface area contributed by atoms with Gasteiger partial charge in [0.1, 0.15) is 5.54 Å². The fourth-order valence-electron chi connectivity index (χ4n) is 1.69.